The van der Waals surface area contributed by atoms with Crippen molar-refractivity contribution in [1.29, 1.82) is 0 Å². The highest BCUT2D eigenvalue weighted by atomic mass is 32.1. The molecule has 3 rings (SSSR count). The quantitative estimate of drug-likeness (QED) is 0.584. The second-order valence-electron chi connectivity index (χ2n) is 3.91. The highest BCUT2D eigenvalue weighted by molar-refractivity contribution is 7.81. The van der Waals surface area contributed by atoms with Gasteiger partial charge in [0, 0.05) is 11.3 Å². The van der Waals surface area contributed by atoms with Crippen LogP contribution in [0.1, 0.15) is 31.4 Å². The molecular weight excluding hydrogens is 224 g/mol. The van der Waals surface area contributed by atoms with Gasteiger partial charge >= 0.3 is 0 Å². The third kappa shape index (κ3) is 1.91. The van der Waals surface area contributed by atoms with Crippen LogP contribution in [-0.4, -0.2) is 4.86 Å². The normalized spacial score (nSPS) is 13.3. The SMILES string of the molecule is C=C1CC(=S)c2cccc3cccc1c23.CC. The summed E-state index contributed by atoms with van der Waals surface area (Å²) < 4.78 is 0. The van der Waals surface area contributed by atoms with Gasteiger partial charge in [-0.25, -0.2) is 0 Å². The average Bonchev–Trinajstić information content (AvgIpc) is 2.38. The fourth-order valence-electron chi connectivity index (χ4n) is 2.25. The molecule has 86 valence electrons. The number of allylic oxidation sites excluding steroid dienone is 1. The van der Waals surface area contributed by atoms with Crippen molar-refractivity contribution in [2.24, 2.45) is 0 Å². The van der Waals surface area contributed by atoms with Crippen molar-refractivity contribution in [3.05, 3.63) is 54.1 Å². The van der Waals surface area contributed by atoms with Crippen molar-refractivity contribution < 1.29 is 0 Å². The van der Waals surface area contributed by atoms with Crippen molar-refractivity contribution in [3.8, 4) is 0 Å². The molecule has 0 fully saturated rings. The molecule has 1 aliphatic rings. The molecule has 1 aliphatic carbocycles. The zero-order valence-electron chi connectivity index (χ0n) is 10.3. The molecule has 0 N–H and O–H groups in total. The van der Waals surface area contributed by atoms with Gasteiger partial charge in [0.2, 0.25) is 0 Å². The van der Waals surface area contributed by atoms with Crippen LogP contribution in [0.5, 0.6) is 0 Å². The van der Waals surface area contributed by atoms with Gasteiger partial charge in [-0.15, -0.1) is 0 Å². The highest BCUT2D eigenvalue weighted by Gasteiger charge is 2.17. The summed E-state index contributed by atoms with van der Waals surface area (Å²) >= 11 is 5.41. The zero-order chi connectivity index (χ0) is 12.4. The first-order chi connectivity index (χ1) is 8.27. The number of hydrogen-bond acceptors (Lipinski definition) is 1. The molecule has 0 bridgehead atoms. The summed E-state index contributed by atoms with van der Waals surface area (Å²) in [6, 6.07) is 12.7. The maximum Gasteiger partial charge on any atom is 0.0274 e. The van der Waals surface area contributed by atoms with Gasteiger partial charge in [-0.05, 0) is 27.5 Å². The summed E-state index contributed by atoms with van der Waals surface area (Å²) in [7, 11) is 0. The van der Waals surface area contributed by atoms with Crippen molar-refractivity contribution in [3.63, 3.8) is 0 Å². The number of hydrogen-bond donors (Lipinski definition) is 0. The highest BCUT2D eigenvalue weighted by Crippen LogP contribution is 2.35. The van der Waals surface area contributed by atoms with Crippen LogP contribution in [0.2, 0.25) is 0 Å². The molecule has 0 aromatic heterocycles. The van der Waals surface area contributed by atoms with Crippen LogP contribution in [0.25, 0.3) is 16.3 Å². The summed E-state index contributed by atoms with van der Waals surface area (Å²) in [5, 5.41) is 2.54. The van der Waals surface area contributed by atoms with Gasteiger partial charge in [0.1, 0.15) is 0 Å². The minimum absolute atomic E-state index is 0.825. The Morgan fingerprint density at radius 1 is 1.00 bits per heavy atom. The third-order valence-electron chi connectivity index (χ3n) is 2.96. The van der Waals surface area contributed by atoms with Crippen LogP contribution in [0.15, 0.2) is 43.0 Å². The van der Waals surface area contributed by atoms with Gasteiger partial charge in [-0.3, -0.25) is 0 Å². The Morgan fingerprint density at radius 2 is 1.59 bits per heavy atom. The molecule has 1 heteroatoms. The minimum Gasteiger partial charge on any atom is -0.0948 e. The Hall–Kier alpha value is -1.47. The Labute approximate surface area is 108 Å². The molecule has 2 aromatic carbocycles. The van der Waals surface area contributed by atoms with Crippen LogP contribution in [0.3, 0.4) is 0 Å². The monoisotopic (exact) mass is 240 g/mol. The van der Waals surface area contributed by atoms with Crippen LogP contribution in [-0.2, 0) is 0 Å². The molecule has 17 heavy (non-hydrogen) atoms. The van der Waals surface area contributed by atoms with Crippen molar-refractivity contribution >= 4 is 33.4 Å². The maximum absolute atomic E-state index is 5.41. The van der Waals surface area contributed by atoms with E-state index in [1.54, 1.807) is 0 Å². The summed E-state index contributed by atoms with van der Waals surface area (Å²) in [5.41, 5.74) is 3.62. The average molecular weight is 240 g/mol. The lowest BCUT2D eigenvalue weighted by molar-refractivity contribution is 1.47. The van der Waals surface area contributed by atoms with Crippen molar-refractivity contribution in [2.75, 3.05) is 0 Å². The Bertz CT molecular complexity index is 545. The second-order valence-corrected chi connectivity index (χ2v) is 4.41. The molecule has 0 saturated heterocycles. The number of rotatable bonds is 0. The molecule has 2 aromatic rings. The van der Waals surface area contributed by atoms with E-state index in [9.17, 15) is 0 Å². The maximum atomic E-state index is 5.41. The second kappa shape index (κ2) is 4.80. The van der Waals surface area contributed by atoms with Gasteiger partial charge in [0.25, 0.3) is 0 Å². The van der Waals surface area contributed by atoms with Crippen LogP contribution in [0, 0.1) is 0 Å². The van der Waals surface area contributed by atoms with Gasteiger partial charge in [-0.1, -0.05) is 69.0 Å². The summed E-state index contributed by atoms with van der Waals surface area (Å²) in [6.45, 7) is 8.10. The molecule has 0 spiro atoms. The van der Waals surface area contributed by atoms with Crippen molar-refractivity contribution in [2.45, 2.75) is 20.3 Å². The van der Waals surface area contributed by atoms with E-state index >= 15 is 0 Å². The summed E-state index contributed by atoms with van der Waals surface area (Å²) in [5.74, 6) is 0. The topological polar surface area (TPSA) is 0 Å². The first kappa shape index (κ1) is 12.0. The van der Waals surface area contributed by atoms with Crippen LogP contribution < -0.4 is 0 Å². The largest absolute Gasteiger partial charge is 0.0948 e. The van der Waals surface area contributed by atoms with E-state index in [0.29, 0.717) is 0 Å². The van der Waals surface area contributed by atoms with E-state index in [0.717, 1.165) is 16.9 Å². The van der Waals surface area contributed by atoms with Gasteiger partial charge in [0.05, 0.1) is 0 Å². The van der Waals surface area contributed by atoms with Gasteiger partial charge in [0.15, 0.2) is 0 Å². The first-order valence-corrected chi connectivity index (χ1v) is 6.41. The summed E-state index contributed by atoms with van der Waals surface area (Å²) in [4.78, 5) is 1.02. The first-order valence-electron chi connectivity index (χ1n) is 6.00. The number of thiocarbonyl (C=S) groups is 1. The Balaban J connectivity index is 0.000000514. The van der Waals surface area contributed by atoms with Crippen LogP contribution >= 0.6 is 12.2 Å². The van der Waals surface area contributed by atoms with Crippen molar-refractivity contribution in [1.82, 2.24) is 0 Å². The van der Waals surface area contributed by atoms with Crippen LogP contribution in [0.4, 0.5) is 0 Å². The predicted molar refractivity (Wildman–Crippen MR) is 80.6 cm³/mol. The third-order valence-corrected chi connectivity index (χ3v) is 3.32. The van der Waals surface area contributed by atoms with Gasteiger partial charge in [-0.2, -0.15) is 0 Å². The fourth-order valence-corrected chi connectivity index (χ4v) is 2.60. The smallest absolute Gasteiger partial charge is 0.0274 e. The molecule has 0 amide bonds. The van der Waals surface area contributed by atoms with E-state index in [4.69, 9.17) is 12.2 Å². The van der Waals surface area contributed by atoms with E-state index in [2.05, 4.69) is 43.0 Å². The molecule has 0 radical (unpaired) electrons. The van der Waals surface area contributed by atoms with E-state index in [1.165, 1.54) is 21.9 Å². The fraction of sp³-hybridized carbons (Fsp3) is 0.188. The lowest BCUT2D eigenvalue weighted by Crippen LogP contribution is -2.06. The van der Waals surface area contributed by atoms with E-state index in [-0.39, 0.29) is 0 Å². The number of benzene rings is 2. The lowest BCUT2D eigenvalue weighted by Gasteiger charge is -2.19. The van der Waals surface area contributed by atoms with Gasteiger partial charge < -0.3 is 0 Å². The molecule has 0 nitrogen and oxygen atoms in total. The molecule has 0 saturated carbocycles. The van der Waals surface area contributed by atoms with E-state index < -0.39 is 0 Å². The molecular formula is C16H16S. The zero-order valence-corrected chi connectivity index (χ0v) is 11.1. The minimum atomic E-state index is 0.825. The molecule has 0 heterocycles. The predicted octanol–water partition coefficient (Wildman–Crippen LogP) is 5.00. The lowest BCUT2D eigenvalue weighted by atomic mass is 9.86. The Kier molecular flexibility index (Phi) is 3.39. The van der Waals surface area contributed by atoms with E-state index in [1.807, 2.05) is 13.8 Å². The molecule has 0 unspecified atom stereocenters. The molecule has 0 atom stereocenters. The Morgan fingerprint density at radius 3 is 2.24 bits per heavy atom. The molecule has 0 aliphatic heterocycles. The summed E-state index contributed by atoms with van der Waals surface area (Å²) in [6.07, 6.45) is 0.825. The standard InChI is InChI=1S/C14H10S.C2H6/c1-9-8-13(15)12-7-3-5-10-4-2-6-11(9)14(10)12;1-2/h2-7H,1,8H2;1-2H3.